The van der Waals surface area contributed by atoms with Crippen molar-refractivity contribution < 1.29 is 19.1 Å². The van der Waals surface area contributed by atoms with Gasteiger partial charge in [-0.3, -0.25) is 4.79 Å². The average molecular weight is 500 g/mol. The molecule has 3 amide bonds. The highest BCUT2D eigenvalue weighted by atomic mass is 32.1. The fourth-order valence-corrected chi connectivity index (χ4v) is 5.78. The van der Waals surface area contributed by atoms with E-state index in [1.165, 1.54) is 10.4 Å². The maximum Gasteiger partial charge on any atom is 0.318 e. The molecule has 0 saturated carbocycles. The Morgan fingerprint density at radius 1 is 1.29 bits per heavy atom. The predicted molar refractivity (Wildman–Crippen MR) is 138 cm³/mol. The summed E-state index contributed by atoms with van der Waals surface area (Å²) in [5.74, 6) is 0.773. The first-order valence-corrected chi connectivity index (χ1v) is 13.4. The van der Waals surface area contributed by atoms with Crippen LogP contribution in [0.15, 0.2) is 29.6 Å². The van der Waals surface area contributed by atoms with E-state index in [1.807, 2.05) is 37.8 Å². The van der Waals surface area contributed by atoms with E-state index in [1.54, 1.807) is 16.2 Å². The van der Waals surface area contributed by atoms with Crippen LogP contribution < -0.4 is 10.1 Å². The molecule has 0 unspecified atom stereocenters. The van der Waals surface area contributed by atoms with E-state index in [2.05, 4.69) is 29.8 Å². The Hall–Kier alpha value is -2.58. The Balaban J connectivity index is 1.50. The zero-order chi connectivity index (χ0) is 24.9. The molecule has 3 heterocycles. The van der Waals surface area contributed by atoms with Gasteiger partial charge in [-0.2, -0.15) is 0 Å². The van der Waals surface area contributed by atoms with Crippen molar-refractivity contribution in [3.05, 3.63) is 51.2 Å². The molecule has 2 aromatic rings. The van der Waals surface area contributed by atoms with E-state index < -0.39 is 0 Å². The number of aryl methyl sites for hydroxylation is 2. The van der Waals surface area contributed by atoms with Crippen molar-refractivity contribution in [1.29, 1.82) is 0 Å². The van der Waals surface area contributed by atoms with Crippen LogP contribution in [0.1, 0.15) is 54.3 Å². The zero-order valence-electron chi connectivity index (χ0n) is 21.2. The van der Waals surface area contributed by atoms with Crippen LogP contribution in [0.5, 0.6) is 5.75 Å². The number of thiophene rings is 1. The highest BCUT2D eigenvalue weighted by Gasteiger charge is 2.34. The second kappa shape index (κ2) is 11.4. The largest absolute Gasteiger partial charge is 0.491 e. The van der Waals surface area contributed by atoms with Gasteiger partial charge in [0.25, 0.3) is 0 Å². The van der Waals surface area contributed by atoms with Crippen molar-refractivity contribution in [2.75, 3.05) is 32.8 Å². The molecule has 1 fully saturated rings. The molecule has 4 rings (SSSR count). The van der Waals surface area contributed by atoms with Gasteiger partial charge in [-0.05, 0) is 75.6 Å². The van der Waals surface area contributed by atoms with E-state index in [4.69, 9.17) is 9.47 Å². The minimum absolute atomic E-state index is 0.00755. The SMILES string of the molecule is Cc1ccc(OC[C@@H]2c3ccsc3CCN2C(=O)CN(C[C@@H]2CCCO2)C(=O)NC(C)C)c(C)c1. The summed E-state index contributed by atoms with van der Waals surface area (Å²) < 4.78 is 12.0. The number of carbonyl (C=O) groups is 2. The molecule has 190 valence electrons. The van der Waals surface area contributed by atoms with Gasteiger partial charge in [0.15, 0.2) is 0 Å². The zero-order valence-corrected chi connectivity index (χ0v) is 22.0. The first-order valence-electron chi connectivity index (χ1n) is 12.5. The molecule has 2 aliphatic rings. The first-order chi connectivity index (χ1) is 16.8. The van der Waals surface area contributed by atoms with Gasteiger partial charge in [0, 0.05) is 30.6 Å². The predicted octanol–water partition coefficient (Wildman–Crippen LogP) is 4.47. The van der Waals surface area contributed by atoms with Crippen molar-refractivity contribution in [3.8, 4) is 5.75 Å². The van der Waals surface area contributed by atoms with Gasteiger partial charge >= 0.3 is 6.03 Å². The van der Waals surface area contributed by atoms with Gasteiger partial charge in [-0.25, -0.2) is 4.79 Å². The van der Waals surface area contributed by atoms with E-state index >= 15 is 0 Å². The lowest BCUT2D eigenvalue weighted by atomic mass is 10.00. The molecule has 1 aromatic heterocycles. The molecule has 1 saturated heterocycles. The summed E-state index contributed by atoms with van der Waals surface area (Å²) in [4.78, 5) is 31.4. The molecule has 0 aliphatic carbocycles. The maximum atomic E-state index is 13.6. The summed E-state index contributed by atoms with van der Waals surface area (Å²) in [6.45, 7) is 10.1. The smallest absolute Gasteiger partial charge is 0.318 e. The molecule has 35 heavy (non-hydrogen) atoms. The number of fused-ring (bicyclic) bond motifs is 1. The average Bonchev–Trinajstić information content (AvgIpc) is 3.49. The Bertz CT molecular complexity index is 1030. The summed E-state index contributed by atoms with van der Waals surface area (Å²) >= 11 is 1.73. The number of urea groups is 1. The maximum absolute atomic E-state index is 13.6. The van der Waals surface area contributed by atoms with Crippen molar-refractivity contribution >= 4 is 23.3 Å². The van der Waals surface area contributed by atoms with Crippen molar-refractivity contribution in [2.45, 2.75) is 65.1 Å². The molecule has 0 spiro atoms. The summed E-state index contributed by atoms with van der Waals surface area (Å²) in [6, 6.07) is 7.82. The molecule has 0 radical (unpaired) electrons. The van der Waals surface area contributed by atoms with E-state index in [0.717, 1.165) is 36.1 Å². The van der Waals surface area contributed by atoms with Crippen LogP contribution in [0.2, 0.25) is 0 Å². The summed E-state index contributed by atoms with van der Waals surface area (Å²) in [7, 11) is 0. The summed E-state index contributed by atoms with van der Waals surface area (Å²) in [6.07, 6.45) is 2.70. The molecule has 1 aromatic carbocycles. The topological polar surface area (TPSA) is 71.1 Å². The Morgan fingerprint density at radius 3 is 2.83 bits per heavy atom. The molecule has 0 bridgehead atoms. The van der Waals surface area contributed by atoms with Gasteiger partial charge in [-0.15, -0.1) is 11.3 Å². The number of amides is 3. The lowest BCUT2D eigenvalue weighted by molar-refractivity contribution is -0.135. The Labute approximate surface area is 212 Å². The van der Waals surface area contributed by atoms with Gasteiger partial charge in [-0.1, -0.05) is 17.7 Å². The van der Waals surface area contributed by atoms with Crippen LogP contribution >= 0.6 is 11.3 Å². The third-order valence-electron chi connectivity index (χ3n) is 6.62. The highest BCUT2D eigenvalue weighted by Crippen LogP contribution is 2.34. The van der Waals surface area contributed by atoms with E-state index in [-0.39, 0.29) is 36.7 Å². The van der Waals surface area contributed by atoms with Gasteiger partial charge in [0.2, 0.25) is 5.91 Å². The van der Waals surface area contributed by atoms with Gasteiger partial charge in [0.05, 0.1) is 12.1 Å². The monoisotopic (exact) mass is 499 g/mol. The van der Waals surface area contributed by atoms with Crippen LogP contribution in [-0.4, -0.2) is 66.7 Å². The quantitative estimate of drug-likeness (QED) is 0.582. The number of hydrogen-bond donors (Lipinski definition) is 1. The number of nitrogens with one attached hydrogen (secondary N) is 1. The molecule has 2 aliphatic heterocycles. The molecule has 2 atom stereocenters. The second-order valence-corrected chi connectivity index (χ2v) is 10.9. The number of nitrogens with zero attached hydrogens (tertiary/aromatic N) is 2. The second-order valence-electron chi connectivity index (χ2n) is 9.85. The Morgan fingerprint density at radius 2 is 2.11 bits per heavy atom. The van der Waals surface area contributed by atoms with Crippen molar-refractivity contribution in [3.63, 3.8) is 0 Å². The lowest BCUT2D eigenvalue weighted by Crippen LogP contribution is -2.52. The Kier molecular flexibility index (Phi) is 8.34. The molecule has 7 nitrogen and oxygen atoms in total. The van der Waals surface area contributed by atoms with E-state index in [9.17, 15) is 9.59 Å². The van der Waals surface area contributed by atoms with Crippen LogP contribution in [0.4, 0.5) is 4.79 Å². The lowest BCUT2D eigenvalue weighted by Gasteiger charge is -2.37. The van der Waals surface area contributed by atoms with E-state index in [0.29, 0.717) is 26.3 Å². The minimum atomic E-state index is -0.222. The first kappa shape index (κ1) is 25.5. The fourth-order valence-electron chi connectivity index (χ4n) is 4.85. The minimum Gasteiger partial charge on any atom is -0.491 e. The van der Waals surface area contributed by atoms with Gasteiger partial charge in [0.1, 0.15) is 18.9 Å². The molecular weight excluding hydrogens is 462 g/mol. The number of benzene rings is 1. The standard InChI is InChI=1S/C27H37N3O4S/c1-18(2)28-27(32)29(15-21-6-5-12-33-21)16-26(31)30-11-9-25-22(10-13-35-25)23(30)17-34-24-8-7-19(3)14-20(24)4/h7-8,10,13-14,18,21,23H,5-6,9,11-12,15-17H2,1-4H3,(H,28,32)/t21-,23+/m0/s1. The summed E-state index contributed by atoms with van der Waals surface area (Å²) in [5, 5.41) is 5.03. The van der Waals surface area contributed by atoms with Crippen LogP contribution in [-0.2, 0) is 16.0 Å². The highest BCUT2D eigenvalue weighted by molar-refractivity contribution is 7.10. The number of carbonyl (C=O) groups excluding carboxylic acids is 2. The van der Waals surface area contributed by atoms with Crippen molar-refractivity contribution in [2.24, 2.45) is 0 Å². The fraction of sp³-hybridized carbons (Fsp3) is 0.556. The van der Waals surface area contributed by atoms with Crippen LogP contribution in [0.25, 0.3) is 0 Å². The summed E-state index contributed by atoms with van der Waals surface area (Å²) in [5.41, 5.74) is 3.42. The number of hydrogen-bond acceptors (Lipinski definition) is 5. The third kappa shape index (κ3) is 6.35. The third-order valence-corrected chi connectivity index (χ3v) is 7.61. The van der Waals surface area contributed by atoms with Crippen LogP contribution in [0, 0.1) is 13.8 Å². The number of ether oxygens (including phenoxy) is 2. The van der Waals surface area contributed by atoms with Gasteiger partial charge < -0.3 is 24.6 Å². The number of rotatable bonds is 8. The molecule has 8 heteroatoms. The normalized spacial score (nSPS) is 19.5. The van der Waals surface area contributed by atoms with Crippen molar-refractivity contribution in [1.82, 2.24) is 15.1 Å². The molecule has 1 N–H and O–H groups in total. The molecular formula is C27H37N3O4S. The van der Waals surface area contributed by atoms with Crippen LogP contribution in [0.3, 0.4) is 0 Å².